The number of fused-ring (bicyclic) bond motifs is 1. The van der Waals surface area contributed by atoms with Crippen LogP contribution in [-0.4, -0.2) is 6.61 Å². The summed E-state index contributed by atoms with van der Waals surface area (Å²) in [4.78, 5) is 0. The minimum Gasteiger partial charge on any atom is -0.493 e. The molecule has 2 nitrogen and oxygen atoms in total. The number of hydrogen-bond donors (Lipinski definition) is 1. The van der Waals surface area contributed by atoms with Crippen molar-refractivity contribution in [3.8, 4) is 16.9 Å². The third kappa shape index (κ3) is 1.93. The summed E-state index contributed by atoms with van der Waals surface area (Å²) in [6, 6.07) is 12.0. The highest BCUT2D eigenvalue weighted by molar-refractivity contribution is 6.33. The largest absolute Gasteiger partial charge is 0.493 e. The van der Waals surface area contributed by atoms with E-state index in [1.807, 2.05) is 18.2 Å². The predicted molar refractivity (Wildman–Crippen MR) is 75.1 cm³/mol. The van der Waals surface area contributed by atoms with E-state index in [0.717, 1.165) is 36.3 Å². The van der Waals surface area contributed by atoms with Crippen molar-refractivity contribution in [3.63, 3.8) is 0 Å². The summed E-state index contributed by atoms with van der Waals surface area (Å²) in [6.45, 7) is 0.784. The molecule has 2 aromatic carbocycles. The predicted octanol–water partition coefficient (Wildman–Crippen LogP) is 3.91. The van der Waals surface area contributed by atoms with Crippen molar-refractivity contribution in [3.05, 3.63) is 47.0 Å². The van der Waals surface area contributed by atoms with Gasteiger partial charge in [-0.05, 0) is 36.1 Å². The molecule has 1 aliphatic heterocycles. The average Bonchev–Trinajstić information content (AvgIpc) is 2.41. The number of nitrogen functional groups attached to an aromatic ring is 1. The van der Waals surface area contributed by atoms with Crippen molar-refractivity contribution in [2.75, 3.05) is 12.3 Å². The van der Waals surface area contributed by atoms with Gasteiger partial charge in [-0.3, -0.25) is 0 Å². The number of hydrogen-bond acceptors (Lipinski definition) is 2. The van der Waals surface area contributed by atoms with E-state index >= 15 is 0 Å². The maximum atomic E-state index is 6.08. The first kappa shape index (κ1) is 11.4. The number of ether oxygens (including phenoxy) is 1. The zero-order valence-electron chi connectivity index (χ0n) is 9.95. The van der Waals surface area contributed by atoms with Crippen LogP contribution < -0.4 is 10.5 Å². The van der Waals surface area contributed by atoms with E-state index in [2.05, 4.69) is 18.2 Å². The standard InChI is InChI=1S/C15H14ClNO/c16-13-9-11(6-7-14(13)17)12-5-1-3-10-4-2-8-18-15(10)12/h1,3,5-7,9H,2,4,8,17H2. The van der Waals surface area contributed by atoms with Gasteiger partial charge in [-0.1, -0.05) is 35.9 Å². The van der Waals surface area contributed by atoms with E-state index in [1.54, 1.807) is 0 Å². The van der Waals surface area contributed by atoms with Gasteiger partial charge in [-0.15, -0.1) is 0 Å². The summed E-state index contributed by atoms with van der Waals surface area (Å²) >= 11 is 6.08. The van der Waals surface area contributed by atoms with Crippen molar-refractivity contribution < 1.29 is 4.74 Å². The van der Waals surface area contributed by atoms with Crippen LogP contribution in [0.15, 0.2) is 36.4 Å². The zero-order chi connectivity index (χ0) is 12.5. The van der Waals surface area contributed by atoms with Crippen LogP contribution in [0.25, 0.3) is 11.1 Å². The molecule has 0 atom stereocenters. The number of nitrogens with two attached hydrogens (primary N) is 1. The molecule has 0 saturated heterocycles. The Bertz CT molecular complexity index is 595. The van der Waals surface area contributed by atoms with E-state index in [0.29, 0.717) is 10.7 Å². The Morgan fingerprint density at radius 2 is 2.06 bits per heavy atom. The molecule has 0 amide bonds. The number of benzene rings is 2. The fourth-order valence-electron chi connectivity index (χ4n) is 2.31. The van der Waals surface area contributed by atoms with Gasteiger partial charge in [0.05, 0.1) is 17.3 Å². The van der Waals surface area contributed by atoms with Crippen molar-refractivity contribution >= 4 is 17.3 Å². The van der Waals surface area contributed by atoms with Crippen LogP contribution in [0.1, 0.15) is 12.0 Å². The smallest absolute Gasteiger partial charge is 0.130 e. The van der Waals surface area contributed by atoms with Gasteiger partial charge >= 0.3 is 0 Å². The molecule has 0 unspecified atom stereocenters. The average molecular weight is 260 g/mol. The van der Waals surface area contributed by atoms with Crippen molar-refractivity contribution in [1.29, 1.82) is 0 Å². The molecule has 0 bridgehead atoms. The Morgan fingerprint density at radius 1 is 1.17 bits per heavy atom. The summed E-state index contributed by atoms with van der Waals surface area (Å²) in [6.07, 6.45) is 2.16. The van der Waals surface area contributed by atoms with Gasteiger partial charge in [-0.2, -0.15) is 0 Å². The third-order valence-corrected chi connectivity index (χ3v) is 3.57. The molecule has 3 heteroatoms. The minimum absolute atomic E-state index is 0.584. The normalized spacial score (nSPS) is 13.8. The molecule has 0 fully saturated rings. The Balaban J connectivity index is 2.13. The molecule has 2 aromatic rings. The molecule has 0 aromatic heterocycles. The Hall–Kier alpha value is -1.67. The molecule has 3 rings (SSSR count). The topological polar surface area (TPSA) is 35.2 Å². The van der Waals surface area contributed by atoms with Gasteiger partial charge in [0.15, 0.2) is 0 Å². The highest BCUT2D eigenvalue weighted by Crippen LogP contribution is 2.37. The first-order valence-corrected chi connectivity index (χ1v) is 6.43. The zero-order valence-corrected chi connectivity index (χ0v) is 10.7. The van der Waals surface area contributed by atoms with Crippen molar-refractivity contribution in [1.82, 2.24) is 0 Å². The number of aryl methyl sites for hydroxylation is 1. The molecule has 0 saturated carbocycles. The Labute approximate surface area is 111 Å². The van der Waals surface area contributed by atoms with E-state index < -0.39 is 0 Å². The molecule has 18 heavy (non-hydrogen) atoms. The Kier molecular flexibility index (Phi) is 2.88. The monoisotopic (exact) mass is 259 g/mol. The fraction of sp³-hybridized carbons (Fsp3) is 0.200. The summed E-state index contributed by atoms with van der Waals surface area (Å²) in [5.74, 6) is 0.990. The number of halogens is 1. The van der Waals surface area contributed by atoms with Gasteiger partial charge in [-0.25, -0.2) is 0 Å². The van der Waals surface area contributed by atoms with Crippen LogP contribution in [-0.2, 0) is 6.42 Å². The lowest BCUT2D eigenvalue weighted by Gasteiger charge is -2.20. The molecule has 0 aliphatic carbocycles. The second-order valence-corrected chi connectivity index (χ2v) is 4.89. The quantitative estimate of drug-likeness (QED) is 0.788. The molecule has 92 valence electrons. The van der Waals surface area contributed by atoms with E-state index in [9.17, 15) is 0 Å². The number of rotatable bonds is 1. The maximum Gasteiger partial charge on any atom is 0.130 e. The fourth-order valence-corrected chi connectivity index (χ4v) is 2.49. The number of anilines is 1. The van der Waals surface area contributed by atoms with Gasteiger partial charge in [0, 0.05) is 5.56 Å². The lowest BCUT2D eigenvalue weighted by Crippen LogP contribution is -2.09. The highest BCUT2D eigenvalue weighted by Gasteiger charge is 2.15. The minimum atomic E-state index is 0.584. The first-order valence-electron chi connectivity index (χ1n) is 6.06. The van der Waals surface area contributed by atoms with Crippen LogP contribution in [0.2, 0.25) is 5.02 Å². The van der Waals surface area contributed by atoms with Gasteiger partial charge < -0.3 is 10.5 Å². The van der Waals surface area contributed by atoms with Crippen LogP contribution >= 0.6 is 11.6 Å². The summed E-state index contributed by atoms with van der Waals surface area (Å²) in [7, 11) is 0. The summed E-state index contributed by atoms with van der Waals surface area (Å²) in [5.41, 5.74) is 9.76. The molecule has 1 heterocycles. The summed E-state index contributed by atoms with van der Waals surface area (Å²) in [5, 5.41) is 0.584. The molecule has 0 radical (unpaired) electrons. The van der Waals surface area contributed by atoms with Gasteiger partial charge in [0.2, 0.25) is 0 Å². The van der Waals surface area contributed by atoms with E-state index in [-0.39, 0.29) is 0 Å². The molecule has 0 spiro atoms. The van der Waals surface area contributed by atoms with Crippen LogP contribution in [0.4, 0.5) is 5.69 Å². The van der Waals surface area contributed by atoms with E-state index in [4.69, 9.17) is 22.1 Å². The number of para-hydroxylation sites is 1. The van der Waals surface area contributed by atoms with Crippen molar-refractivity contribution in [2.45, 2.75) is 12.8 Å². The lowest BCUT2D eigenvalue weighted by molar-refractivity contribution is 0.289. The van der Waals surface area contributed by atoms with Crippen LogP contribution in [0.5, 0.6) is 5.75 Å². The molecular weight excluding hydrogens is 246 g/mol. The molecular formula is C15H14ClNO. The summed E-state index contributed by atoms with van der Waals surface area (Å²) < 4.78 is 5.80. The molecule has 2 N–H and O–H groups in total. The maximum absolute atomic E-state index is 6.08. The van der Waals surface area contributed by atoms with Gasteiger partial charge in [0.25, 0.3) is 0 Å². The van der Waals surface area contributed by atoms with E-state index in [1.165, 1.54) is 5.56 Å². The molecule has 1 aliphatic rings. The van der Waals surface area contributed by atoms with Gasteiger partial charge in [0.1, 0.15) is 5.75 Å². The van der Waals surface area contributed by atoms with Crippen LogP contribution in [0.3, 0.4) is 0 Å². The van der Waals surface area contributed by atoms with Crippen LogP contribution in [0, 0.1) is 0 Å². The van der Waals surface area contributed by atoms with Crippen molar-refractivity contribution in [2.24, 2.45) is 0 Å². The Morgan fingerprint density at radius 3 is 2.89 bits per heavy atom. The highest BCUT2D eigenvalue weighted by atomic mass is 35.5. The third-order valence-electron chi connectivity index (χ3n) is 3.24. The second kappa shape index (κ2) is 4.54. The second-order valence-electron chi connectivity index (χ2n) is 4.48. The lowest BCUT2D eigenvalue weighted by atomic mass is 9.97. The SMILES string of the molecule is Nc1ccc(-c2cccc3c2OCCC3)cc1Cl. The first-order chi connectivity index (χ1) is 8.75.